The molecule has 0 atom stereocenters. The second-order valence-corrected chi connectivity index (χ2v) is 8.37. The fourth-order valence-corrected chi connectivity index (χ4v) is 3.96. The van der Waals surface area contributed by atoms with Gasteiger partial charge in [0.15, 0.2) is 5.65 Å². The summed E-state index contributed by atoms with van der Waals surface area (Å²) in [5, 5.41) is 0.605. The van der Waals surface area contributed by atoms with Crippen LogP contribution >= 0.6 is 11.6 Å². The number of nitrogen functional groups attached to an aromatic ring is 1. The fraction of sp³-hybridized carbons (Fsp3) is 0.320. The van der Waals surface area contributed by atoms with E-state index in [1.807, 2.05) is 49.4 Å². The summed E-state index contributed by atoms with van der Waals surface area (Å²) in [6, 6.07) is 13.1. The minimum atomic E-state index is -0.482. The highest BCUT2D eigenvalue weighted by Crippen LogP contribution is 2.32. The van der Waals surface area contributed by atoms with Crippen LogP contribution in [0.25, 0.3) is 27.9 Å². The third-order valence-electron chi connectivity index (χ3n) is 5.60. The first-order valence-corrected chi connectivity index (χ1v) is 11.4. The van der Waals surface area contributed by atoms with Gasteiger partial charge in [0.1, 0.15) is 16.9 Å². The van der Waals surface area contributed by atoms with Gasteiger partial charge in [0, 0.05) is 5.02 Å². The van der Waals surface area contributed by atoms with E-state index in [0.717, 1.165) is 24.8 Å². The van der Waals surface area contributed by atoms with E-state index in [1.54, 1.807) is 4.57 Å². The fourth-order valence-electron chi connectivity index (χ4n) is 3.79. The van der Waals surface area contributed by atoms with Gasteiger partial charge in [0.2, 0.25) is 0 Å². The Morgan fingerprint density at radius 1 is 1.06 bits per heavy atom. The zero-order valence-electron chi connectivity index (χ0n) is 18.4. The molecular weight excluding hydrogens is 424 g/mol. The van der Waals surface area contributed by atoms with Crippen molar-refractivity contribution >= 4 is 45.6 Å². The predicted molar refractivity (Wildman–Crippen MR) is 130 cm³/mol. The molecular formula is C25H27ClN4O2. The van der Waals surface area contributed by atoms with Crippen LogP contribution in [0.15, 0.2) is 42.5 Å². The molecule has 2 aromatic carbocycles. The molecule has 2 N–H and O–H groups in total. The van der Waals surface area contributed by atoms with E-state index in [0.29, 0.717) is 39.5 Å². The largest absolute Gasteiger partial charge is 0.462 e. The van der Waals surface area contributed by atoms with E-state index < -0.39 is 5.97 Å². The van der Waals surface area contributed by atoms with Crippen molar-refractivity contribution in [3.8, 4) is 5.69 Å². The van der Waals surface area contributed by atoms with Crippen LogP contribution in [0.1, 0.15) is 54.9 Å². The van der Waals surface area contributed by atoms with Gasteiger partial charge in [0.25, 0.3) is 0 Å². The van der Waals surface area contributed by atoms with Gasteiger partial charge in [-0.3, -0.25) is 4.57 Å². The number of aromatic nitrogens is 3. The maximum atomic E-state index is 13.1. The summed E-state index contributed by atoms with van der Waals surface area (Å²) in [5.41, 5.74) is 10.7. The molecule has 0 amide bonds. The van der Waals surface area contributed by atoms with E-state index in [1.165, 1.54) is 12.8 Å². The molecule has 2 heterocycles. The van der Waals surface area contributed by atoms with Crippen molar-refractivity contribution in [2.24, 2.45) is 0 Å². The van der Waals surface area contributed by atoms with E-state index >= 15 is 0 Å². The summed E-state index contributed by atoms with van der Waals surface area (Å²) < 4.78 is 7.30. The Morgan fingerprint density at radius 3 is 2.50 bits per heavy atom. The minimum Gasteiger partial charge on any atom is -0.462 e. The van der Waals surface area contributed by atoms with Gasteiger partial charge in [-0.2, -0.15) is 0 Å². The Hall–Kier alpha value is -3.12. The summed E-state index contributed by atoms with van der Waals surface area (Å²) >= 11 is 6.37. The SMILES string of the molecule is CCCCCCCOC(=O)c1c(N)n(-c2ccc(C)c(Cl)c2)c2nc3ccccc3nc12. The van der Waals surface area contributed by atoms with E-state index in [-0.39, 0.29) is 11.4 Å². The highest BCUT2D eigenvalue weighted by molar-refractivity contribution is 6.31. The number of benzene rings is 2. The zero-order valence-corrected chi connectivity index (χ0v) is 19.2. The van der Waals surface area contributed by atoms with Crippen molar-refractivity contribution in [2.75, 3.05) is 12.3 Å². The van der Waals surface area contributed by atoms with Crippen molar-refractivity contribution < 1.29 is 9.53 Å². The molecule has 4 aromatic rings. The van der Waals surface area contributed by atoms with Gasteiger partial charge in [-0.15, -0.1) is 0 Å². The molecule has 0 bridgehead atoms. The molecule has 0 saturated carbocycles. The summed E-state index contributed by atoms with van der Waals surface area (Å²) in [4.78, 5) is 22.5. The van der Waals surface area contributed by atoms with Crippen molar-refractivity contribution in [1.82, 2.24) is 14.5 Å². The summed E-state index contributed by atoms with van der Waals surface area (Å²) in [6.07, 6.45) is 5.36. The first-order chi connectivity index (χ1) is 15.5. The smallest absolute Gasteiger partial charge is 0.344 e. The maximum absolute atomic E-state index is 13.1. The lowest BCUT2D eigenvalue weighted by Crippen LogP contribution is -2.10. The quantitative estimate of drug-likeness (QED) is 0.253. The number of carbonyl (C=O) groups is 1. The number of halogens is 1. The van der Waals surface area contributed by atoms with Crippen molar-refractivity contribution in [3.63, 3.8) is 0 Å². The second kappa shape index (κ2) is 9.57. The van der Waals surface area contributed by atoms with Crippen LogP contribution in [-0.2, 0) is 4.74 Å². The van der Waals surface area contributed by atoms with Crippen LogP contribution in [0.3, 0.4) is 0 Å². The molecule has 2 aromatic heterocycles. The van der Waals surface area contributed by atoms with Gasteiger partial charge in [-0.25, -0.2) is 14.8 Å². The molecule has 0 spiro atoms. The van der Waals surface area contributed by atoms with Crippen molar-refractivity contribution in [2.45, 2.75) is 46.0 Å². The second-order valence-electron chi connectivity index (χ2n) is 7.96. The molecule has 0 aliphatic heterocycles. The molecule has 0 saturated heterocycles. The number of para-hydroxylation sites is 2. The van der Waals surface area contributed by atoms with Gasteiger partial charge < -0.3 is 10.5 Å². The molecule has 0 radical (unpaired) electrons. The lowest BCUT2D eigenvalue weighted by Gasteiger charge is -2.09. The number of esters is 1. The number of nitrogens with zero attached hydrogens (tertiary/aromatic N) is 3. The number of rotatable bonds is 8. The average Bonchev–Trinajstić information content (AvgIpc) is 3.07. The Balaban J connectivity index is 1.78. The number of fused-ring (bicyclic) bond motifs is 2. The Bertz CT molecular complexity index is 1280. The molecule has 7 heteroatoms. The zero-order chi connectivity index (χ0) is 22.7. The average molecular weight is 451 g/mol. The van der Waals surface area contributed by atoms with Crippen LogP contribution < -0.4 is 5.73 Å². The number of hydrogen-bond acceptors (Lipinski definition) is 5. The molecule has 6 nitrogen and oxygen atoms in total. The van der Waals surface area contributed by atoms with Crippen LogP contribution in [0.4, 0.5) is 5.82 Å². The molecule has 0 unspecified atom stereocenters. The first-order valence-electron chi connectivity index (χ1n) is 11.0. The number of carbonyl (C=O) groups excluding carboxylic acids is 1. The molecule has 32 heavy (non-hydrogen) atoms. The van der Waals surface area contributed by atoms with E-state index in [4.69, 9.17) is 32.0 Å². The van der Waals surface area contributed by atoms with Crippen molar-refractivity contribution in [3.05, 3.63) is 58.6 Å². The Labute approximate surface area is 192 Å². The van der Waals surface area contributed by atoms with Gasteiger partial charge in [-0.1, -0.05) is 62.4 Å². The van der Waals surface area contributed by atoms with Crippen LogP contribution in [0.2, 0.25) is 5.02 Å². The Kier molecular flexibility index (Phi) is 6.61. The van der Waals surface area contributed by atoms with E-state index in [2.05, 4.69) is 6.92 Å². The normalized spacial score (nSPS) is 11.3. The topological polar surface area (TPSA) is 83.0 Å². The third kappa shape index (κ3) is 4.28. The number of anilines is 1. The molecule has 4 rings (SSSR count). The minimum absolute atomic E-state index is 0.239. The summed E-state index contributed by atoms with van der Waals surface area (Å²) in [6.45, 7) is 4.45. The maximum Gasteiger partial charge on any atom is 0.344 e. The van der Waals surface area contributed by atoms with Crippen molar-refractivity contribution in [1.29, 1.82) is 0 Å². The summed E-state index contributed by atoms with van der Waals surface area (Å²) in [5.74, 6) is -0.240. The molecule has 0 aliphatic carbocycles. The van der Waals surface area contributed by atoms with Gasteiger partial charge >= 0.3 is 5.97 Å². The lowest BCUT2D eigenvalue weighted by molar-refractivity contribution is 0.0501. The lowest BCUT2D eigenvalue weighted by atomic mass is 10.2. The molecule has 166 valence electrons. The number of aryl methyl sites for hydroxylation is 1. The van der Waals surface area contributed by atoms with Crippen LogP contribution in [-0.4, -0.2) is 27.1 Å². The van der Waals surface area contributed by atoms with Crippen LogP contribution in [0.5, 0.6) is 0 Å². The number of unbranched alkanes of at least 4 members (excludes halogenated alkanes) is 4. The standard InChI is InChI=1S/C25H27ClN4O2/c1-3-4-5-6-9-14-32-25(31)21-22-24(29-20-11-8-7-10-19(20)28-22)30(23(21)27)17-13-12-16(2)18(26)15-17/h7-8,10-13,15H,3-6,9,14,27H2,1-2H3. The molecule has 0 aliphatic rings. The van der Waals surface area contributed by atoms with E-state index in [9.17, 15) is 4.79 Å². The first kappa shape index (κ1) is 22.1. The van der Waals surface area contributed by atoms with Gasteiger partial charge in [0.05, 0.1) is 23.3 Å². The number of ether oxygens (including phenoxy) is 1. The number of nitrogens with two attached hydrogens (primary N) is 1. The Morgan fingerprint density at radius 2 is 1.78 bits per heavy atom. The highest BCUT2D eigenvalue weighted by atomic mass is 35.5. The predicted octanol–water partition coefficient (Wildman–Crippen LogP) is 6.24. The van der Waals surface area contributed by atoms with Gasteiger partial charge in [-0.05, 0) is 43.2 Å². The van der Waals surface area contributed by atoms with Crippen LogP contribution in [0, 0.1) is 6.92 Å². The molecule has 0 fully saturated rings. The number of hydrogen-bond donors (Lipinski definition) is 1. The summed E-state index contributed by atoms with van der Waals surface area (Å²) in [7, 11) is 0. The highest BCUT2D eigenvalue weighted by Gasteiger charge is 2.26. The third-order valence-corrected chi connectivity index (χ3v) is 6.00. The monoisotopic (exact) mass is 450 g/mol.